The molecule has 0 aromatic carbocycles. The van der Waals surface area contributed by atoms with Crippen molar-refractivity contribution in [2.75, 3.05) is 0 Å². The van der Waals surface area contributed by atoms with Crippen molar-refractivity contribution in [1.29, 1.82) is 0 Å². The second kappa shape index (κ2) is 7.84. The fraction of sp³-hybridized carbons (Fsp3) is 0.917. The molecular weight excluding hydrogens is 176 g/mol. The van der Waals surface area contributed by atoms with Crippen molar-refractivity contribution in [3.63, 3.8) is 0 Å². The molecule has 2 nitrogen and oxygen atoms in total. The Morgan fingerprint density at radius 2 is 1.86 bits per heavy atom. The molecule has 0 heterocycles. The fourth-order valence-electron chi connectivity index (χ4n) is 1.73. The Kier molecular flexibility index (Phi) is 7.54. The van der Waals surface area contributed by atoms with Gasteiger partial charge in [-0.3, -0.25) is 4.79 Å². The van der Waals surface area contributed by atoms with Gasteiger partial charge in [-0.2, -0.15) is 0 Å². The van der Waals surface area contributed by atoms with E-state index in [4.69, 9.17) is 5.11 Å². The highest BCUT2D eigenvalue weighted by atomic mass is 16.4. The summed E-state index contributed by atoms with van der Waals surface area (Å²) >= 11 is 0. The van der Waals surface area contributed by atoms with Crippen LogP contribution in [0.15, 0.2) is 0 Å². The highest BCUT2D eigenvalue weighted by Crippen LogP contribution is 2.22. The average Bonchev–Trinajstić information content (AvgIpc) is 2.16. The van der Waals surface area contributed by atoms with Gasteiger partial charge in [0, 0.05) is 0 Å². The van der Waals surface area contributed by atoms with Gasteiger partial charge in [0.1, 0.15) is 0 Å². The number of hydrogen-bond donors (Lipinski definition) is 1. The lowest BCUT2D eigenvalue weighted by Crippen LogP contribution is -2.21. The monoisotopic (exact) mass is 200 g/mol. The summed E-state index contributed by atoms with van der Waals surface area (Å²) in [6.07, 6.45) is 6.49. The van der Waals surface area contributed by atoms with Gasteiger partial charge in [0.15, 0.2) is 0 Å². The lowest BCUT2D eigenvalue weighted by Gasteiger charge is -2.18. The first kappa shape index (κ1) is 13.5. The zero-order chi connectivity index (χ0) is 11.0. The highest BCUT2D eigenvalue weighted by molar-refractivity contribution is 5.70. The number of carboxylic acids is 1. The second-order valence-corrected chi connectivity index (χ2v) is 4.18. The number of aliphatic carboxylic acids is 1. The van der Waals surface area contributed by atoms with E-state index in [0.29, 0.717) is 5.92 Å². The summed E-state index contributed by atoms with van der Waals surface area (Å²) in [5.41, 5.74) is 0. The minimum Gasteiger partial charge on any atom is -0.481 e. The maximum Gasteiger partial charge on any atom is 0.306 e. The second-order valence-electron chi connectivity index (χ2n) is 4.18. The molecule has 2 atom stereocenters. The van der Waals surface area contributed by atoms with Gasteiger partial charge in [-0.15, -0.1) is 0 Å². The third kappa shape index (κ3) is 5.25. The van der Waals surface area contributed by atoms with Gasteiger partial charge in [-0.25, -0.2) is 0 Å². The Bertz CT molecular complexity index is 154. The first-order valence-electron chi connectivity index (χ1n) is 5.86. The molecule has 14 heavy (non-hydrogen) atoms. The molecule has 0 aliphatic rings. The van der Waals surface area contributed by atoms with Crippen LogP contribution in [0.3, 0.4) is 0 Å². The molecule has 0 saturated carbocycles. The van der Waals surface area contributed by atoms with Gasteiger partial charge in [0.25, 0.3) is 0 Å². The van der Waals surface area contributed by atoms with Gasteiger partial charge >= 0.3 is 5.97 Å². The van der Waals surface area contributed by atoms with Crippen LogP contribution in [0, 0.1) is 11.8 Å². The van der Waals surface area contributed by atoms with Crippen LogP contribution >= 0.6 is 0 Å². The van der Waals surface area contributed by atoms with Crippen LogP contribution < -0.4 is 0 Å². The number of hydrogen-bond acceptors (Lipinski definition) is 1. The molecule has 0 amide bonds. The maximum atomic E-state index is 11.0. The molecule has 0 aromatic heterocycles. The van der Waals surface area contributed by atoms with Crippen LogP contribution in [0.1, 0.15) is 59.3 Å². The molecule has 0 aliphatic heterocycles. The molecule has 0 bridgehead atoms. The van der Waals surface area contributed by atoms with Crippen molar-refractivity contribution in [3.05, 3.63) is 0 Å². The number of carbonyl (C=O) groups is 1. The molecule has 0 rings (SSSR count). The quantitative estimate of drug-likeness (QED) is 0.606. The van der Waals surface area contributed by atoms with Gasteiger partial charge in [-0.05, 0) is 12.3 Å². The number of rotatable bonds is 8. The minimum absolute atomic E-state index is 0.128. The summed E-state index contributed by atoms with van der Waals surface area (Å²) in [5.74, 6) is -0.429. The summed E-state index contributed by atoms with van der Waals surface area (Å²) in [6, 6.07) is 0. The Labute approximate surface area is 87.7 Å². The van der Waals surface area contributed by atoms with E-state index in [9.17, 15) is 4.79 Å². The predicted molar refractivity (Wildman–Crippen MR) is 59.3 cm³/mol. The lowest BCUT2D eigenvalue weighted by molar-refractivity contribution is -0.143. The summed E-state index contributed by atoms with van der Waals surface area (Å²) in [4.78, 5) is 11.0. The van der Waals surface area contributed by atoms with E-state index in [2.05, 4.69) is 13.8 Å². The molecule has 0 aliphatic carbocycles. The van der Waals surface area contributed by atoms with E-state index < -0.39 is 5.97 Å². The van der Waals surface area contributed by atoms with E-state index in [0.717, 1.165) is 19.3 Å². The smallest absolute Gasteiger partial charge is 0.306 e. The molecule has 0 aromatic rings. The van der Waals surface area contributed by atoms with E-state index in [1.165, 1.54) is 19.3 Å². The van der Waals surface area contributed by atoms with Crippen LogP contribution in [0.4, 0.5) is 0 Å². The van der Waals surface area contributed by atoms with Gasteiger partial charge < -0.3 is 5.11 Å². The first-order valence-corrected chi connectivity index (χ1v) is 5.86. The molecule has 0 fully saturated rings. The molecule has 0 saturated heterocycles. The van der Waals surface area contributed by atoms with E-state index in [1.54, 1.807) is 0 Å². The maximum absolute atomic E-state index is 11.0. The first-order chi connectivity index (χ1) is 6.63. The SMILES string of the molecule is CCCCCCC(C(=O)O)C(C)CC. The summed E-state index contributed by atoms with van der Waals surface area (Å²) in [6.45, 7) is 6.27. The molecule has 0 spiro atoms. The molecular formula is C12H24O2. The highest BCUT2D eigenvalue weighted by Gasteiger charge is 2.22. The summed E-state index contributed by atoms with van der Waals surface area (Å²) < 4.78 is 0. The van der Waals surface area contributed by atoms with E-state index in [-0.39, 0.29) is 5.92 Å². The van der Waals surface area contributed by atoms with Crippen molar-refractivity contribution in [3.8, 4) is 0 Å². The van der Waals surface area contributed by atoms with Crippen molar-refractivity contribution in [2.24, 2.45) is 11.8 Å². The third-order valence-electron chi connectivity index (χ3n) is 3.02. The number of unbranched alkanes of at least 4 members (excludes halogenated alkanes) is 3. The summed E-state index contributed by atoms with van der Waals surface area (Å²) in [5, 5.41) is 9.03. The molecule has 2 heteroatoms. The number of carboxylic acid groups (broad SMARTS) is 1. The Hall–Kier alpha value is -0.530. The Morgan fingerprint density at radius 1 is 1.21 bits per heavy atom. The zero-order valence-corrected chi connectivity index (χ0v) is 9.75. The average molecular weight is 200 g/mol. The molecule has 1 N–H and O–H groups in total. The van der Waals surface area contributed by atoms with Gasteiger partial charge in [0.05, 0.1) is 5.92 Å². The van der Waals surface area contributed by atoms with Crippen molar-refractivity contribution < 1.29 is 9.90 Å². The van der Waals surface area contributed by atoms with Crippen molar-refractivity contribution in [2.45, 2.75) is 59.3 Å². The third-order valence-corrected chi connectivity index (χ3v) is 3.02. The van der Waals surface area contributed by atoms with E-state index in [1.807, 2.05) is 6.92 Å². The topological polar surface area (TPSA) is 37.3 Å². The van der Waals surface area contributed by atoms with E-state index >= 15 is 0 Å². The molecule has 0 radical (unpaired) electrons. The van der Waals surface area contributed by atoms with Crippen LogP contribution in [0.5, 0.6) is 0 Å². The van der Waals surface area contributed by atoms with Crippen LogP contribution in [0.2, 0.25) is 0 Å². The van der Waals surface area contributed by atoms with Crippen molar-refractivity contribution in [1.82, 2.24) is 0 Å². The lowest BCUT2D eigenvalue weighted by atomic mass is 9.87. The van der Waals surface area contributed by atoms with Gasteiger partial charge in [0.2, 0.25) is 0 Å². The standard InChI is InChI=1S/C12H24O2/c1-4-6-7-8-9-11(12(13)14)10(3)5-2/h10-11H,4-9H2,1-3H3,(H,13,14). The zero-order valence-electron chi connectivity index (χ0n) is 9.75. The largest absolute Gasteiger partial charge is 0.481 e. The molecule has 84 valence electrons. The minimum atomic E-state index is -0.615. The Balaban J connectivity index is 3.80. The van der Waals surface area contributed by atoms with Crippen LogP contribution in [-0.2, 0) is 4.79 Å². The normalized spacial score (nSPS) is 15.1. The van der Waals surface area contributed by atoms with Crippen LogP contribution in [-0.4, -0.2) is 11.1 Å². The summed E-state index contributed by atoms with van der Waals surface area (Å²) in [7, 11) is 0. The fourth-order valence-corrected chi connectivity index (χ4v) is 1.73. The molecule has 2 unspecified atom stereocenters. The Morgan fingerprint density at radius 3 is 2.29 bits per heavy atom. The van der Waals surface area contributed by atoms with Crippen LogP contribution in [0.25, 0.3) is 0 Å². The predicted octanol–water partition coefficient (Wildman–Crippen LogP) is 3.70. The van der Waals surface area contributed by atoms with Gasteiger partial charge in [-0.1, -0.05) is 52.9 Å². The van der Waals surface area contributed by atoms with Crippen molar-refractivity contribution >= 4 is 5.97 Å².